The molecule has 0 radical (unpaired) electrons. The maximum atomic E-state index is 11.8. The van der Waals surface area contributed by atoms with Gasteiger partial charge in [-0.3, -0.25) is 19.5 Å². The molecule has 0 saturated heterocycles. The van der Waals surface area contributed by atoms with E-state index in [0.717, 1.165) is 11.2 Å². The first-order chi connectivity index (χ1) is 7.93. The minimum atomic E-state index is -1.14. The van der Waals surface area contributed by atoms with Crippen molar-refractivity contribution in [1.29, 1.82) is 0 Å². The van der Waals surface area contributed by atoms with E-state index >= 15 is 0 Å². The average Bonchev–Trinajstić information content (AvgIpc) is 2.73. The van der Waals surface area contributed by atoms with Gasteiger partial charge in [0.15, 0.2) is 6.04 Å². The smallest absolute Gasteiger partial charge is 0.328 e. The molecule has 0 bridgehead atoms. The third-order valence-electron chi connectivity index (χ3n) is 2.38. The van der Waals surface area contributed by atoms with Crippen molar-refractivity contribution in [1.82, 2.24) is 4.90 Å². The zero-order chi connectivity index (χ0) is 13.0. The SMILES string of the molecule is NC(=O)CC[C@H](N)C(=O)N1C=NCC1C(=O)O. The molecule has 0 aliphatic carbocycles. The van der Waals surface area contributed by atoms with Gasteiger partial charge in [-0.2, -0.15) is 0 Å². The summed E-state index contributed by atoms with van der Waals surface area (Å²) in [5.41, 5.74) is 10.5. The molecule has 1 heterocycles. The Labute approximate surface area is 97.3 Å². The third kappa shape index (κ3) is 3.25. The van der Waals surface area contributed by atoms with Crippen LogP contribution in [0.1, 0.15) is 12.8 Å². The molecule has 94 valence electrons. The lowest BCUT2D eigenvalue weighted by Crippen LogP contribution is -2.49. The van der Waals surface area contributed by atoms with Crippen LogP contribution < -0.4 is 11.5 Å². The number of carboxylic acid groups (broad SMARTS) is 1. The van der Waals surface area contributed by atoms with Gasteiger partial charge in [0.1, 0.15) is 0 Å². The minimum Gasteiger partial charge on any atom is -0.480 e. The molecule has 0 aromatic rings. The van der Waals surface area contributed by atoms with Gasteiger partial charge >= 0.3 is 5.97 Å². The molecule has 1 unspecified atom stereocenters. The predicted molar refractivity (Wildman–Crippen MR) is 58.0 cm³/mol. The molecule has 17 heavy (non-hydrogen) atoms. The number of rotatable bonds is 5. The van der Waals surface area contributed by atoms with E-state index in [4.69, 9.17) is 16.6 Å². The molecule has 1 aliphatic heterocycles. The van der Waals surface area contributed by atoms with Gasteiger partial charge in [-0.25, -0.2) is 4.79 Å². The summed E-state index contributed by atoms with van der Waals surface area (Å²) in [6.45, 7) is 0.0175. The number of carboxylic acids is 1. The van der Waals surface area contributed by atoms with Crippen LogP contribution in [0.4, 0.5) is 0 Å². The van der Waals surface area contributed by atoms with Crippen molar-refractivity contribution in [3.8, 4) is 0 Å². The number of primary amides is 1. The van der Waals surface area contributed by atoms with Crippen LogP contribution in [0.3, 0.4) is 0 Å². The number of nitrogens with zero attached hydrogens (tertiary/aromatic N) is 2. The van der Waals surface area contributed by atoms with Gasteiger partial charge < -0.3 is 16.6 Å². The van der Waals surface area contributed by atoms with Gasteiger partial charge in [-0.1, -0.05) is 0 Å². The van der Waals surface area contributed by atoms with Crippen LogP contribution in [-0.2, 0) is 14.4 Å². The van der Waals surface area contributed by atoms with E-state index < -0.39 is 29.9 Å². The molecule has 1 aliphatic rings. The Morgan fingerprint density at radius 2 is 2.18 bits per heavy atom. The third-order valence-corrected chi connectivity index (χ3v) is 2.38. The van der Waals surface area contributed by atoms with Crippen LogP contribution >= 0.6 is 0 Å². The Balaban J connectivity index is 2.59. The Morgan fingerprint density at radius 3 is 2.71 bits per heavy atom. The van der Waals surface area contributed by atoms with Gasteiger partial charge in [-0.05, 0) is 6.42 Å². The van der Waals surface area contributed by atoms with E-state index in [1.165, 1.54) is 0 Å². The summed E-state index contributed by atoms with van der Waals surface area (Å²) in [7, 11) is 0. The van der Waals surface area contributed by atoms with Crippen molar-refractivity contribution < 1.29 is 19.5 Å². The Kier molecular flexibility index (Phi) is 4.16. The number of nitrogens with two attached hydrogens (primary N) is 2. The molecule has 0 aromatic carbocycles. The molecular formula is C9H14N4O4. The highest BCUT2D eigenvalue weighted by Crippen LogP contribution is 2.09. The highest BCUT2D eigenvalue weighted by Gasteiger charge is 2.34. The fourth-order valence-corrected chi connectivity index (χ4v) is 1.42. The number of aliphatic carboxylic acids is 1. The first-order valence-corrected chi connectivity index (χ1v) is 5.02. The van der Waals surface area contributed by atoms with E-state index in [0.29, 0.717) is 0 Å². The Hall–Kier alpha value is -1.96. The number of carbonyl (C=O) groups excluding carboxylic acids is 2. The number of aliphatic imine (C=N–C) groups is 1. The van der Waals surface area contributed by atoms with Crippen LogP contribution in [0.15, 0.2) is 4.99 Å². The molecule has 0 fully saturated rings. The minimum absolute atomic E-state index is 0.0175. The zero-order valence-electron chi connectivity index (χ0n) is 9.07. The first-order valence-electron chi connectivity index (χ1n) is 5.02. The summed E-state index contributed by atoms with van der Waals surface area (Å²) in [5.74, 6) is -2.27. The number of amides is 2. The van der Waals surface area contributed by atoms with Gasteiger partial charge in [0.25, 0.3) is 0 Å². The molecule has 0 aromatic heterocycles. The normalized spacial score (nSPS) is 20.3. The fraction of sp³-hybridized carbons (Fsp3) is 0.556. The summed E-state index contributed by atoms with van der Waals surface area (Å²) in [5, 5.41) is 8.84. The van der Waals surface area contributed by atoms with Crippen molar-refractivity contribution >= 4 is 24.1 Å². The van der Waals surface area contributed by atoms with Crippen LogP contribution in [-0.4, -0.2) is 52.8 Å². The van der Waals surface area contributed by atoms with E-state index in [9.17, 15) is 14.4 Å². The van der Waals surface area contributed by atoms with Crippen LogP contribution in [0.25, 0.3) is 0 Å². The van der Waals surface area contributed by atoms with Crippen molar-refractivity contribution in [2.24, 2.45) is 16.5 Å². The fourth-order valence-electron chi connectivity index (χ4n) is 1.42. The number of carbonyl (C=O) groups is 3. The lowest BCUT2D eigenvalue weighted by Gasteiger charge is -2.21. The summed E-state index contributed by atoms with van der Waals surface area (Å²) in [6.07, 6.45) is 1.23. The summed E-state index contributed by atoms with van der Waals surface area (Å²) in [4.78, 5) is 37.8. The Bertz CT molecular complexity index is 368. The van der Waals surface area contributed by atoms with Crippen molar-refractivity contribution in [2.45, 2.75) is 24.9 Å². The molecule has 2 atom stereocenters. The topological polar surface area (TPSA) is 139 Å². The summed E-state index contributed by atoms with van der Waals surface area (Å²) in [6, 6.07) is -1.96. The number of hydrogen-bond acceptors (Lipinski definition) is 5. The monoisotopic (exact) mass is 242 g/mol. The van der Waals surface area contributed by atoms with Gasteiger partial charge in [0.2, 0.25) is 11.8 Å². The standard InChI is InChI=1S/C9H14N4O4/c10-5(1-2-7(11)14)8(15)13-4-12-3-6(13)9(16)17/h4-6H,1-3,10H2,(H2,11,14)(H,16,17)/t5-,6?/m0/s1. The van der Waals surface area contributed by atoms with Crippen LogP contribution in [0.2, 0.25) is 0 Å². The highest BCUT2D eigenvalue weighted by atomic mass is 16.4. The quantitative estimate of drug-likeness (QED) is 0.507. The van der Waals surface area contributed by atoms with Crippen molar-refractivity contribution in [3.05, 3.63) is 0 Å². The first kappa shape index (κ1) is 13.1. The largest absolute Gasteiger partial charge is 0.480 e. The molecule has 8 nitrogen and oxygen atoms in total. The lowest BCUT2D eigenvalue weighted by atomic mass is 10.1. The maximum Gasteiger partial charge on any atom is 0.328 e. The molecule has 2 amide bonds. The summed E-state index contributed by atoms with van der Waals surface area (Å²) < 4.78 is 0. The van der Waals surface area contributed by atoms with Crippen LogP contribution in [0.5, 0.6) is 0 Å². The molecule has 1 rings (SSSR count). The zero-order valence-corrected chi connectivity index (χ0v) is 9.07. The van der Waals surface area contributed by atoms with E-state index in [1.54, 1.807) is 0 Å². The molecule has 5 N–H and O–H groups in total. The van der Waals surface area contributed by atoms with Crippen LogP contribution in [0, 0.1) is 0 Å². The van der Waals surface area contributed by atoms with Gasteiger partial charge in [0.05, 0.1) is 18.9 Å². The summed E-state index contributed by atoms with van der Waals surface area (Å²) >= 11 is 0. The van der Waals surface area contributed by atoms with Crippen molar-refractivity contribution in [3.63, 3.8) is 0 Å². The second-order valence-electron chi connectivity index (χ2n) is 3.69. The molecular weight excluding hydrogens is 228 g/mol. The average molecular weight is 242 g/mol. The van der Waals surface area contributed by atoms with E-state index in [2.05, 4.69) is 4.99 Å². The lowest BCUT2D eigenvalue weighted by molar-refractivity contribution is -0.146. The van der Waals surface area contributed by atoms with E-state index in [1.807, 2.05) is 0 Å². The van der Waals surface area contributed by atoms with Gasteiger partial charge in [0, 0.05) is 6.42 Å². The Morgan fingerprint density at radius 1 is 1.53 bits per heavy atom. The van der Waals surface area contributed by atoms with Gasteiger partial charge in [-0.15, -0.1) is 0 Å². The van der Waals surface area contributed by atoms with E-state index in [-0.39, 0.29) is 19.4 Å². The van der Waals surface area contributed by atoms with Crippen molar-refractivity contribution in [2.75, 3.05) is 6.54 Å². The predicted octanol–water partition coefficient (Wildman–Crippen LogP) is -2.10. The highest BCUT2D eigenvalue weighted by molar-refractivity contribution is 5.97. The second kappa shape index (κ2) is 5.39. The molecule has 0 spiro atoms. The molecule has 8 heteroatoms. The molecule has 0 saturated carbocycles. The maximum absolute atomic E-state index is 11.8. The second-order valence-corrected chi connectivity index (χ2v) is 3.69. The number of hydrogen-bond donors (Lipinski definition) is 3.